The fraction of sp³-hybridized carbons (Fsp3) is 0.176. The third-order valence-electron chi connectivity index (χ3n) is 3.08. The Morgan fingerprint density at radius 1 is 1.36 bits per heavy atom. The molecule has 0 unspecified atom stereocenters. The lowest BCUT2D eigenvalue weighted by molar-refractivity contribution is 0.0958. The van der Waals surface area contributed by atoms with E-state index in [1.165, 1.54) is 0 Å². The second-order valence-electron chi connectivity index (χ2n) is 4.59. The van der Waals surface area contributed by atoms with Gasteiger partial charge in [0, 0.05) is 30.4 Å². The van der Waals surface area contributed by atoms with E-state index in [0.29, 0.717) is 24.5 Å². The number of ether oxygens (including phenoxy) is 1. The summed E-state index contributed by atoms with van der Waals surface area (Å²) in [6.07, 6.45) is 3.24. The molecule has 0 saturated heterocycles. The van der Waals surface area contributed by atoms with E-state index in [2.05, 4.69) is 22.2 Å². The minimum atomic E-state index is -0.150. The molecular formula is C17H19N3O2. The van der Waals surface area contributed by atoms with Gasteiger partial charge >= 0.3 is 0 Å². The van der Waals surface area contributed by atoms with Crippen LogP contribution in [0.25, 0.3) is 0 Å². The van der Waals surface area contributed by atoms with Crippen LogP contribution in [0.3, 0.4) is 0 Å². The van der Waals surface area contributed by atoms with Crippen LogP contribution >= 0.6 is 0 Å². The van der Waals surface area contributed by atoms with Gasteiger partial charge in [0.2, 0.25) is 0 Å². The zero-order valence-electron chi connectivity index (χ0n) is 12.5. The summed E-state index contributed by atoms with van der Waals surface area (Å²) in [4.78, 5) is 16.1. The summed E-state index contributed by atoms with van der Waals surface area (Å²) >= 11 is 0. The SMILES string of the molecule is C=CCNC(=O)c1ccnc(NCc2ccccc2OC)c1. The number of rotatable bonds is 7. The molecule has 2 aromatic rings. The van der Waals surface area contributed by atoms with Crippen molar-refractivity contribution in [3.05, 3.63) is 66.4 Å². The molecule has 2 rings (SSSR count). The molecule has 0 bridgehead atoms. The normalized spacial score (nSPS) is 9.86. The smallest absolute Gasteiger partial charge is 0.251 e. The number of para-hydroxylation sites is 1. The number of methoxy groups -OCH3 is 1. The van der Waals surface area contributed by atoms with Crippen molar-refractivity contribution in [2.45, 2.75) is 6.54 Å². The highest BCUT2D eigenvalue weighted by Gasteiger charge is 2.06. The molecule has 0 aliphatic carbocycles. The third-order valence-corrected chi connectivity index (χ3v) is 3.08. The first kappa shape index (κ1) is 15.6. The number of carbonyl (C=O) groups is 1. The maximum atomic E-state index is 11.9. The maximum absolute atomic E-state index is 11.9. The largest absolute Gasteiger partial charge is 0.496 e. The number of aromatic nitrogens is 1. The average molecular weight is 297 g/mol. The minimum Gasteiger partial charge on any atom is -0.496 e. The summed E-state index contributed by atoms with van der Waals surface area (Å²) in [5.74, 6) is 1.30. The Morgan fingerprint density at radius 2 is 2.18 bits per heavy atom. The molecule has 0 atom stereocenters. The van der Waals surface area contributed by atoms with E-state index in [0.717, 1.165) is 11.3 Å². The van der Waals surface area contributed by atoms with Crippen LogP contribution in [0.1, 0.15) is 15.9 Å². The molecule has 114 valence electrons. The second kappa shape index (κ2) is 7.83. The number of benzene rings is 1. The molecule has 5 heteroatoms. The molecule has 22 heavy (non-hydrogen) atoms. The quantitative estimate of drug-likeness (QED) is 0.771. The summed E-state index contributed by atoms with van der Waals surface area (Å²) in [6, 6.07) is 11.1. The first-order valence-electron chi connectivity index (χ1n) is 6.95. The molecule has 1 heterocycles. The predicted molar refractivity (Wildman–Crippen MR) is 87.1 cm³/mol. The Morgan fingerprint density at radius 3 is 2.95 bits per heavy atom. The standard InChI is InChI=1S/C17H19N3O2/c1-3-9-19-17(21)13-8-10-18-16(11-13)20-12-14-6-4-5-7-15(14)22-2/h3-8,10-11H,1,9,12H2,2H3,(H,18,20)(H,19,21). The summed E-state index contributed by atoms with van der Waals surface area (Å²) in [6.45, 7) is 4.57. The number of hydrogen-bond acceptors (Lipinski definition) is 4. The van der Waals surface area contributed by atoms with Crippen LogP contribution in [0.4, 0.5) is 5.82 Å². The predicted octanol–water partition coefficient (Wildman–Crippen LogP) is 2.62. The van der Waals surface area contributed by atoms with Gasteiger partial charge in [-0.1, -0.05) is 24.3 Å². The molecule has 0 aliphatic rings. The van der Waals surface area contributed by atoms with Gasteiger partial charge in [0.05, 0.1) is 7.11 Å². The Balaban J connectivity index is 2.04. The minimum absolute atomic E-state index is 0.150. The molecule has 0 saturated carbocycles. The van der Waals surface area contributed by atoms with E-state index in [1.54, 1.807) is 31.5 Å². The highest BCUT2D eigenvalue weighted by molar-refractivity contribution is 5.94. The fourth-order valence-electron chi connectivity index (χ4n) is 1.97. The van der Waals surface area contributed by atoms with Crippen molar-refractivity contribution in [2.75, 3.05) is 19.0 Å². The van der Waals surface area contributed by atoms with Gasteiger partial charge < -0.3 is 15.4 Å². The maximum Gasteiger partial charge on any atom is 0.251 e. The van der Waals surface area contributed by atoms with Gasteiger partial charge in [-0.2, -0.15) is 0 Å². The van der Waals surface area contributed by atoms with E-state index in [9.17, 15) is 4.79 Å². The first-order valence-corrected chi connectivity index (χ1v) is 6.95. The molecule has 1 aromatic carbocycles. The molecule has 0 spiro atoms. The van der Waals surface area contributed by atoms with E-state index < -0.39 is 0 Å². The van der Waals surface area contributed by atoms with Crippen molar-refractivity contribution in [3.8, 4) is 5.75 Å². The number of anilines is 1. The average Bonchev–Trinajstić information content (AvgIpc) is 2.58. The molecule has 0 radical (unpaired) electrons. The van der Waals surface area contributed by atoms with Crippen molar-refractivity contribution in [3.63, 3.8) is 0 Å². The highest BCUT2D eigenvalue weighted by atomic mass is 16.5. The molecular weight excluding hydrogens is 278 g/mol. The van der Waals surface area contributed by atoms with Gasteiger partial charge in [-0.05, 0) is 18.2 Å². The Bertz CT molecular complexity index is 656. The molecule has 1 aromatic heterocycles. The fourth-order valence-corrected chi connectivity index (χ4v) is 1.97. The lowest BCUT2D eigenvalue weighted by Gasteiger charge is -2.10. The van der Waals surface area contributed by atoms with Crippen LogP contribution in [0, 0.1) is 0 Å². The van der Waals surface area contributed by atoms with Crippen molar-refractivity contribution >= 4 is 11.7 Å². The van der Waals surface area contributed by atoms with Gasteiger partial charge in [-0.15, -0.1) is 6.58 Å². The number of amides is 1. The third kappa shape index (κ3) is 4.09. The lowest BCUT2D eigenvalue weighted by atomic mass is 10.2. The van der Waals surface area contributed by atoms with Crippen LogP contribution in [0.2, 0.25) is 0 Å². The van der Waals surface area contributed by atoms with E-state index in [1.807, 2.05) is 24.3 Å². The number of pyridine rings is 1. The van der Waals surface area contributed by atoms with Crippen LogP contribution in [-0.2, 0) is 6.54 Å². The summed E-state index contributed by atoms with van der Waals surface area (Å²) in [5, 5.41) is 5.93. The molecule has 1 amide bonds. The molecule has 5 nitrogen and oxygen atoms in total. The summed E-state index contributed by atoms with van der Waals surface area (Å²) in [5.41, 5.74) is 1.58. The second-order valence-corrected chi connectivity index (χ2v) is 4.59. The molecule has 2 N–H and O–H groups in total. The van der Waals surface area contributed by atoms with Gasteiger partial charge in [0.1, 0.15) is 11.6 Å². The number of nitrogens with one attached hydrogen (secondary N) is 2. The van der Waals surface area contributed by atoms with Crippen LogP contribution in [0.5, 0.6) is 5.75 Å². The van der Waals surface area contributed by atoms with Crippen molar-refractivity contribution in [2.24, 2.45) is 0 Å². The zero-order valence-corrected chi connectivity index (χ0v) is 12.5. The highest BCUT2D eigenvalue weighted by Crippen LogP contribution is 2.18. The summed E-state index contributed by atoms with van der Waals surface area (Å²) in [7, 11) is 1.64. The van der Waals surface area contributed by atoms with Crippen molar-refractivity contribution in [1.29, 1.82) is 0 Å². The van der Waals surface area contributed by atoms with E-state index >= 15 is 0 Å². The van der Waals surface area contributed by atoms with E-state index in [-0.39, 0.29) is 5.91 Å². The molecule has 0 aliphatic heterocycles. The summed E-state index contributed by atoms with van der Waals surface area (Å²) < 4.78 is 5.31. The van der Waals surface area contributed by atoms with Gasteiger partial charge in [0.25, 0.3) is 5.91 Å². The van der Waals surface area contributed by atoms with Crippen molar-refractivity contribution in [1.82, 2.24) is 10.3 Å². The van der Waals surface area contributed by atoms with Gasteiger partial charge in [-0.25, -0.2) is 4.98 Å². The Kier molecular flexibility index (Phi) is 5.54. The Hall–Kier alpha value is -2.82. The Labute approximate surface area is 130 Å². The van der Waals surface area contributed by atoms with Gasteiger partial charge in [0.15, 0.2) is 0 Å². The zero-order chi connectivity index (χ0) is 15.8. The van der Waals surface area contributed by atoms with E-state index in [4.69, 9.17) is 4.74 Å². The van der Waals surface area contributed by atoms with Crippen LogP contribution in [-0.4, -0.2) is 24.5 Å². The number of carbonyl (C=O) groups excluding carboxylic acids is 1. The molecule has 0 fully saturated rings. The van der Waals surface area contributed by atoms with Gasteiger partial charge in [-0.3, -0.25) is 4.79 Å². The topological polar surface area (TPSA) is 63.2 Å². The van der Waals surface area contributed by atoms with Crippen LogP contribution < -0.4 is 15.4 Å². The number of hydrogen-bond donors (Lipinski definition) is 2. The first-order chi connectivity index (χ1) is 10.7. The monoisotopic (exact) mass is 297 g/mol. The van der Waals surface area contributed by atoms with Crippen LogP contribution in [0.15, 0.2) is 55.3 Å². The lowest BCUT2D eigenvalue weighted by Crippen LogP contribution is -2.23. The number of nitrogens with zero attached hydrogens (tertiary/aromatic N) is 1. The van der Waals surface area contributed by atoms with Crippen molar-refractivity contribution < 1.29 is 9.53 Å².